The Morgan fingerprint density at radius 1 is 1.44 bits per heavy atom. The summed E-state index contributed by atoms with van der Waals surface area (Å²) in [6, 6.07) is 7.12. The predicted molar refractivity (Wildman–Crippen MR) is 62.8 cm³/mol. The van der Waals surface area contributed by atoms with E-state index >= 15 is 0 Å². The van der Waals surface area contributed by atoms with Gasteiger partial charge in [-0.3, -0.25) is 0 Å². The highest BCUT2D eigenvalue weighted by atomic mass is 35.5. The lowest BCUT2D eigenvalue weighted by Crippen LogP contribution is -2.26. The minimum Gasteiger partial charge on any atom is -0.479 e. The first-order valence-electron chi connectivity index (χ1n) is 5.22. The van der Waals surface area contributed by atoms with E-state index in [1.165, 1.54) is 0 Å². The van der Waals surface area contributed by atoms with Crippen LogP contribution in [0.5, 0.6) is 0 Å². The van der Waals surface area contributed by atoms with Crippen LogP contribution in [0.25, 0.3) is 0 Å². The zero-order valence-corrected chi connectivity index (χ0v) is 9.91. The van der Waals surface area contributed by atoms with Crippen molar-refractivity contribution in [2.24, 2.45) is 0 Å². The third kappa shape index (κ3) is 4.21. The van der Waals surface area contributed by atoms with Crippen molar-refractivity contribution in [2.75, 3.05) is 6.61 Å². The summed E-state index contributed by atoms with van der Waals surface area (Å²) in [4.78, 5) is 10.9. The lowest BCUT2D eigenvalue weighted by molar-refractivity contribution is -0.150. The number of halogens is 1. The standard InChI is InChI=1S/C12H15ClO3/c1-2-7-16-11(12(14)15)8-9-3-5-10(13)6-4-9/h3-6,11H,2,7-8H2,1H3,(H,14,15)/t11-/m0/s1. The van der Waals surface area contributed by atoms with Crippen LogP contribution in [0.15, 0.2) is 24.3 Å². The molecule has 0 aromatic heterocycles. The SMILES string of the molecule is CCCO[C@@H](Cc1ccc(Cl)cc1)C(=O)O. The highest BCUT2D eigenvalue weighted by Gasteiger charge is 2.17. The number of benzene rings is 1. The summed E-state index contributed by atoms with van der Waals surface area (Å²) in [6.07, 6.45) is 0.401. The molecule has 4 heteroatoms. The first-order valence-corrected chi connectivity index (χ1v) is 5.60. The molecule has 16 heavy (non-hydrogen) atoms. The molecule has 0 aliphatic carbocycles. The molecule has 0 aliphatic heterocycles. The molecule has 0 heterocycles. The second-order valence-electron chi connectivity index (χ2n) is 3.53. The molecule has 3 nitrogen and oxygen atoms in total. The summed E-state index contributed by atoms with van der Waals surface area (Å²) in [5.74, 6) is -0.927. The summed E-state index contributed by atoms with van der Waals surface area (Å²) in [5, 5.41) is 9.61. The van der Waals surface area contributed by atoms with Gasteiger partial charge < -0.3 is 9.84 Å². The maximum absolute atomic E-state index is 10.9. The molecule has 1 N–H and O–H groups in total. The number of carbonyl (C=O) groups is 1. The molecule has 88 valence electrons. The summed E-state index contributed by atoms with van der Waals surface area (Å²) in [6.45, 7) is 2.41. The van der Waals surface area contributed by atoms with Gasteiger partial charge in [0.1, 0.15) is 0 Å². The number of carboxylic acids is 1. The second kappa shape index (κ2) is 6.51. The molecule has 0 amide bonds. The minimum atomic E-state index is -0.927. The van der Waals surface area contributed by atoms with Gasteiger partial charge in [0, 0.05) is 18.1 Å². The van der Waals surface area contributed by atoms with Crippen molar-refractivity contribution in [1.29, 1.82) is 0 Å². The van der Waals surface area contributed by atoms with Crippen molar-refractivity contribution in [2.45, 2.75) is 25.9 Å². The number of rotatable bonds is 6. The Morgan fingerprint density at radius 2 is 2.06 bits per heavy atom. The fraction of sp³-hybridized carbons (Fsp3) is 0.417. The van der Waals surface area contributed by atoms with Crippen molar-refractivity contribution >= 4 is 17.6 Å². The van der Waals surface area contributed by atoms with Crippen LogP contribution in [0, 0.1) is 0 Å². The van der Waals surface area contributed by atoms with Gasteiger partial charge >= 0.3 is 5.97 Å². The van der Waals surface area contributed by atoms with Crippen LogP contribution in [0.2, 0.25) is 5.02 Å². The van der Waals surface area contributed by atoms with Gasteiger partial charge in [0.15, 0.2) is 6.10 Å². The van der Waals surface area contributed by atoms with E-state index in [2.05, 4.69) is 0 Å². The lowest BCUT2D eigenvalue weighted by atomic mass is 10.1. The average molecular weight is 243 g/mol. The van der Waals surface area contributed by atoms with Crippen LogP contribution >= 0.6 is 11.6 Å². The van der Waals surface area contributed by atoms with Crippen molar-refractivity contribution in [3.8, 4) is 0 Å². The average Bonchev–Trinajstić information content (AvgIpc) is 2.26. The fourth-order valence-electron chi connectivity index (χ4n) is 1.31. The predicted octanol–water partition coefficient (Wildman–Crippen LogP) is 2.76. The van der Waals surface area contributed by atoms with Crippen molar-refractivity contribution in [1.82, 2.24) is 0 Å². The molecule has 0 spiro atoms. The van der Waals surface area contributed by atoms with Crippen molar-refractivity contribution < 1.29 is 14.6 Å². The van der Waals surface area contributed by atoms with E-state index in [0.29, 0.717) is 18.1 Å². The van der Waals surface area contributed by atoms with E-state index in [0.717, 1.165) is 12.0 Å². The van der Waals surface area contributed by atoms with Crippen molar-refractivity contribution in [3.63, 3.8) is 0 Å². The zero-order valence-electron chi connectivity index (χ0n) is 9.15. The van der Waals surface area contributed by atoms with Gasteiger partial charge in [-0.25, -0.2) is 4.79 Å². The molecule has 0 saturated heterocycles. The Kier molecular flexibility index (Phi) is 5.29. The fourth-order valence-corrected chi connectivity index (χ4v) is 1.44. The molecule has 0 bridgehead atoms. The number of hydrogen-bond donors (Lipinski definition) is 1. The van der Waals surface area contributed by atoms with Crippen LogP contribution in [0.1, 0.15) is 18.9 Å². The number of hydrogen-bond acceptors (Lipinski definition) is 2. The monoisotopic (exact) mass is 242 g/mol. The van der Waals surface area contributed by atoms with Crippen LogP contribution in [0.4, 0.5) is 0 Å². The normalized spacial score (nSPS) is 12.4. The zero-order chi connectivity index (χ0) is 12.0. The maximum Gasteiger partial charge on any atom is 0.333 e. The highest BCUT2D eigenvalue weighted by Crippen LogP contribution is 2.12. The largest absolute Gasteiger partial charge is 0.479 e. The van der Waals surface area contributed by atoms with Crippen molar-refractivity contribution in [3.05, 3.63) is 34.9 Å². The Bertz CT molecular complexity index is 335. The Morgan fingerprint density at radius 3 is 2.56 bits per heavy atom. The Balaban J connectivity index is 2.60. The molecular formula is C12H15ClO3. The Labute approximate surface area is 100.0 Å². The number of carboxylic acid groups (broad SMARTS) is 1. The molecule has 1 atom stereocenters. The van der Waals surface area contributed by atoms with Gasteiger partial charge in [-0.15, -0.1) is 0 Å². The molecule has 0 unspecified atom stereocenters. The first kappa shape index (κ1) is 13.0. The van der Waals surface area contributed by atoms with Crippen LogP contribution in [-0.4, -0.2) is 23.8 Å². The van der Waals surface area contributed by atoms with E-state index in [1.807, 2.05) is 19.1 Å². The maximum atomic E-state index is 10.9. The third-order valence-corrected chi connectivity index (χ3v) is 2.38. The summed E-state index contributed by atoms with van der Waals surface area (Å²) in [5.41, 5.74) is 0.910. The molecule has 0 radical (unpaired) electrons. The van der Waals surface area contributed by atoms with E-state index in [9.17, 15) is 4.79 Å². The smallest absolute Gasteiger partial charge is 0.333 e. The van der Waals surface area contributed by atoms with E-state index < -0.39 is 12.1 Å². The summed E-state index contributed by atoms with van der Waals surface area (Å²) < 4.78 is 5.25. The van der Waals surface area contributed by atoms with Gasteiger partial charge in [-0.2, -0.15) is 0 Å². The first-order chi connectivity index (χ1) is 7.63. The minimum absolute atomic E-state index is 0.368. The van der Waals surface area contributed by atoms with E-state index in [4.69, 9.17) is 21.4 Å². The number of ether oxygens (including phenoxy) is 1. The van der Waals surface area contributed by atoms with Gasteiger partial charge in [0.05, 0.1) is 0 Å². The van der Waals surface area contributed by atoms with Gasteiger partial charge in [0.2, 0.25) is 0 Å². The molecular weight excluding hydrogens is 228 g/mol. The van der Waals surface area contributed by atoms with Gasteiger partial charge in [0.25, 0.3) is 0 Å². The van der Waals surface area contributed by atoms with Crippen LogP contribution in [0.3, 0.4) is 0 Å². The topological polar surface area (TPSA) is 46.5 Å². The van der Waals surface area contributed by atoms with Crippen LogP contribution in [-0.2, 0) is 16.0 Å². The molecule has 1 rings (SSSR count). The van der Waals surface area contributed by atoms with Crippen LogP contribution < -0.4 is 0 Å². The second-order valence-corrected chi connectivity index (χ2v) is 3.96. The molecule has 0 aliphatic rings. The van der Waals surface area contributed by atoms with E-state index in [-0.39, 0.29) is 0 Å². The molecule has 1 aromatic rings. The van der Waals surface area contributed by atoms with Gasteiger partial charge in [-0.1, -0.05) is 30.7 Å². The highest BCUT2D eigenvalue weighted by molar-refractivity contribution is 6.30. The summed E-state index contributed by atoms with van der Waals surface area (Å²) >= 11 is 5.75. The quantitative estimate of drug-likeness (QED) is 0.834. The summed E-state index contributed by atoms with van der Waals surface area (Å²) in [7, 11) is 0. The lowest BCUT2D eigenvalue weighted by Gasteiger charge is -2.13. The molecule has 0 saturated carbocycles. The molecule has 0 fully saturated rings. The van der Waals surface area contributed by atoms with E-state index in [1.54, 1.807) is 12.1 Å². The van der Waals surface area contributed by atoms with Gasteiger partial charge in [-0.05, 0) is 24.1 Å². The Hall–Kier alpha value is -1.06. The third-order valence-electron chi connectivity index (χ3n) is 2.13. The number of aliphatic carboxylic acids is 1. The molecule has 1 aromatic carbocycles.